The van der Waals surface area contributed by atoms with Gasteiger partial charge in [0.15, 0.2) is 0 Å². The van der Waals surface area contributed by atoms with Gasteiger partial charge >= 0.3 is 0 Å². The second-order valence-corrected chi connectivity index (χ2v) is 7.28. The van der Waals surface area contributed by atoms with Gasteiger partial charge in [-0.3, -0.25) is 0 Å². The summed E-state index contributed by atoms with van der Waals surface area (Å²) in [5, 5.41) is 0. The molecule has 0 radical (unpaired) electrons. The van der Waals surface area contributed by atoms with E-state index in [4.69, 9.17) is 15.2 Å². The van der Waals surface area contributed by atoms with Crippen LogP contribution >= 0.6 is 0 Å². The number of fused-ring (bicyclic) bond motifs is 1. The van der Waals surface area contributed by atoms with Crippen LogP contribution in [0.3, 0.4) is 0 Å². The topological polar surface area (TPSA) is 44.5 Å². The summed E-state index contributed by atoms with van der Waals surface area (Å²) >= 11 is 0. The molecule has 2 N–H and O–H groups in total. The van der Waals surface area contributed by atoms with Gasteiger partial charge in [0, 0.05) is 12.5 Å². The maximum atomic E-state index is 6.22. The largest absolute Gasteiger partial charge is 0.487 e. The number of nitrogens with two attached hydrogens (primary N) is 1. The first-order valence-corrected chi connectivity index (χ1v) is 7.52. The normalized spacial score (nSPS) is 30.2. The third kappa shape index (κ3) is 2.45. The highest BCUT2D eigenvalue weighted by Crippen LogP contribution is 2.40. The lowest BCUT2D eigenvalue weighted by molar-refractivity contribution is -0.0846. The Morgan fingerprint density at radius 1 is 1.25 bits per heavy atom. The van der Waals surface area contributed by atoms with E-state index in [1.165, 1.54) is 11.1 Å². The zero-order chi connectivity index (χ0) is 14.5. The average Bonchev–Trinajstić information content (AvgIpc) is 2.77. The molecule has 0 aromatic heterocycles. The molecule has 2 unspecified atom stereocenters. The molecule has 1 aliphatic carbocycles. The molecule has 20 heavy (non-hydrogen) atoms. The van der Waals surface area contributed by atoms with Crippen molar-refractivity contribution in [3.63, 3.8) is 0 Å². The van der Waals surface area contributed by atoms with E-state index in [2.05, 4.69) is 39.8 Å². The van der Waals surface area contributed by atoms with Crippen molar-refractivity contribution >= 4 is 0 Å². The summed E-state index contributed by atoms with van der Waals surface area (Å²) in [5.41, 5.74) is 8.33. The average molecular weight is 275 g/mol. The van der Waals surface area contributed by atoms with Gasteiger partial charge in [0.1, 0.15) is 17.5 Å². The number of benzene rings is 1. The van der Waals surface area contributed by atoms with E-state index in [9.17, 15) is 0 Å². The van der Waals surface area contributed by atoms with Crippen LogP contribution in [0.5, 0.6) is 5.75 Å². The van der Waals surface area contributed by atoms with Crippen molar-refractivity contribution in [2.45, 2.75) is 70.3 Å². The second kappa shape index (κ2) is 4.47. The highest BCUT2D eigenvalue weighted by atomic mass is 16.6. The van der Waals surface area contributed by atoms with Gasteiger partial charge < -0.3 is 15.2 Å². The van der Waals surface area contributed by atoms with Crippen LogP contribution in [-0.4, -0.2) is 17.3 Å². The van der Waals surface area contributed by atoms with Gasteiger partial charge in [0.05, 0.1) is 5.60 Å². The van der Waals surface area contributed by atoms with Crippen LogP contribution in [0.1, 0.15) is 57.7 Å². The van der Waals surface area contributed by atoms with Crippen molar-refractivity contribution in [1.29, 1.82) is 0 Å². The Hall–Kier alpha value is -1.06. The van der Waals surface area contributed by atoms with E-state index in [-0.39, 0.29) is 23.3 Å². The predicted octanol–water partition coefficient (Wildman–Crippen LogP) is 3.36. The fourth-order valence-corrected chi connectivity index (χ4v) is 3.56. The first-order chi connectivity index (χ1) is 9.27. The molecule has 3 heteroatoms. The Kier molecular flexibility index (Phi) is 3.11. The van der Waals surface area contributed by atoms with Crippen LogP contribution in [0.2, 0.25) is 0 Å². The number of aryl methyl sites for hydroxylation is 1. The predicted molar refractivity (Wildman–Crippen MR) is 80.0 cm³/mol. The summed E-state index contributed by atoms with van der Waals surface area (Å²) in [6.45, 7) is 8.46. The van der Waals surface area contributed by atoms with Gasteiger partial charge in [-0.05, 0) is 63.8 Å². The molecule has 1 heterocycles. The van der Waals surface area contributed by atoms with E-state index in [1.807, 2.05) is 6.07 Å². The minimum atomic E-state index is -0.251. The minimum absolute atomic E-state index is 0.0885. The lowest BCUT2D eigenvalue weighted by Crippen LogP contribution is -2.36. The fourth-order valence-electron chi connectivity index (χ4n) is 3.56. The molecule has 0 spiro atoms. The standard InChI is InChI=1S/C17H25NO2/c1-16(2)10-15(17(3,4)20-16)19-12-6-7-13-11(9-12)5-8-14(13)18/h6-7,9,14-15H,5,8,10,18H2,1-4H3. The molecule has 1 saturated heterocycles. The summed E-state index contributed by atoms with van der Waals surface area (Å²) in [4.78, 5) is 0. The Labute approximate surface area is 121 Å². The summed E-state index contributed by atoms with van der Waals surface area (Å²) in [7, 11) is 0. The Bertz CT molecular complexity index is 522. The summed E-state index contributed by atoms with van der Waals surface area (Å²) < 4.78 is 12.3. The van der Waals surface area contributed by atoms with Crippen molar-refractivity contribution in [2.24, 2.45) is 5.73 Å². The van der Waals surface area contributed by atoms with Crippen LogP contribution in [0.15, 0.2) is 18.2 Å². The van der Waals surface area contributed by atoms with Crippen molar-refractivity contribution in [3.05, 3.63) is 29.3 Å². The minimum Gasteiger partial charge on any atom is -0.487 e. The monoisotopic (exact) mass is 275 g/mol. The van der Waals surface area contributed by atoms with E-state index in [1.54, 1.807) is 0 Å². The maximum absolute atomic E-state index is 6.22. The fraction of sp³-hybridized carbons (Fsp3) is 0.647. The van der Waals surface area contributed by atoms with Crippen LogP contribution in [0, 0.1) is 0 Å². The lowest BCUT2D eigenvalue weighted by atomic mass is 9.97. The van der Waals surface area contributed by atoms with Crippen LogP contribution in [-0.2, 0) is 11.2 Å². The first kappa shape index (κ1) is 13.9. The quantitative estimate of drug-likeness (QED) is 0.900. The number of rotatable bonds is 2. The smallest absolute Gasteiger partial charge is 0.130 e. The number of hydrogen-bond acceptors (Lipinski definition) is 3. The van der Waals surface area contributed by atoms with Gasteiger partial charge in [-0.2, -0.15) is 0 Å². The highest BCUT2D eigenvalue weighted by Gasteiger charge is 2.47. The molecule has 1 aromatic rings. The van der Waals surface area contributed by atoms with Gasteiger partial charge in [-0.25, -0.2) is 0 Å². The van der Waals surface area contributed by atoms with E-state index >= 15 is 0 Å². The zero-order valence-corrected chi connectivity index (χ0v) is 12.9. The van der Waals surface area contributed by atoms with Crippen LogP contribution in [0.25, 0.3) is 0 Å². The van der Waals surface area contributed by atoms with Gasteiger partial charge in [0.25, 0.3) is 0 Å². The highest BCUT2D eigenvalue weighted by molar-refractivity contribution is 5.40. The molecule has 3 rings (SSSR count). The Balaban J connectivity index is 1.79. The van der Waals surface area contributed by atoms with E-state index in [0.29, 0.717) is 0 Å². The molecule has 110 valence electrons. The third-order valence-electron chi connectivity index (χ3n) is 4.51. The van der Waals surface area contributed by atoms with Crippen molar-refractivity contribution < 1.29 is 9.47 Å². The molecule has 3 nitrogen and oxygen atoms in total. The van der Waals surface area contributed by atoms with E-state index < -0.39 is 0 Å². The molecule has 1 aliphatic heterocycles. The van der Waals surface area contributed by atoms with Gasteiger partial charge in [-0.15, -0.1) is 0 Å². The Morgan fingerprint density at radius 2 is 2.00 bits per heavy atom. The first-order valence-electron chi connectivity index (χ1n) is 7.52. The summed E-state index contributed by atoms with van der Waals surface area (Å²) in [6.07, 6.45) is 3.11. The molecular formula is C17H25NO2. The molecule has 1 aromatic carbocycles. The molecular weight excluding hydrogens is 250 g/mol. The maximum Gasteiger partial charge on any atom is 0.130 e. The van der Waals surface area contributed by atoms with Gasteiger partial charge in [0.2, 0.25) is 0 Å². The molecule has 0 amide bonds. The molecule has 2 atom stereocenters. The summed E-state index contributed by atoms with van der Waals surface area (Å²) in [6, 6.07) is 6.52. The number of ether oxygens (including phenoxy) is 2. The Morgan fingerprint density at radius 3 is 2.65 bits per heavy atom. The molecule has 1 fully saturated rings. The van der Waals surface area contributed by atoms with Crippen LogP contribution in [0.4, 0.5) is 0 Å². The third-order valence-corrected chi connectivity index (χ3v) is 4.51. The molecule has 0 bridgehead atoms. The van der Waals surface area contributed by atoms with Crippen molar-refractivity contribution in [3.8, 4) is 5.75 Å². The molecule has 0 saturated carbocycles. The van der Waals surface area contributed by atoms with Crippen molar-refractivity contribution in [2.75, 3.05) is 0 Å². The van der Waals surface area contributed by atoms with E-state index in [0.717, 1.165) is 25.0 Å². The van der Waals surface area contributed by atoms with Crippen LogP contribution < -0.4 is 10.5 Å². The van der Waals surface area contributed by atoms with Crippen molar-refractivity contribution in [1.82, 2.24) is 0 Å². The second-order valence-electron chi connectivity index (χ2n) is 7.28. The summed E-state index contributed by atoms with van der Waals surface area (Å²) in [5.74, 6) is 0.942. The lowest BCUT2D eigenvalue weighted by Gasteiger charge is -2.27. The van der Waals surface area contributed by atoms with Gasteiger partial charge in [-0.1, -0.05) is 6.07 Å². The number of hydrogen-bond donors (Lipinski definition) is 1. The zero-order valence-electron chi connectivity index (χ0n) is 12.9. The molecule has 2 aliphatic rings. The SMILES string of the molecule is CC1(C)CC(Oc2ccc3c(c2)CCC3N)C(C)(C)O1.